The lowest BCUT2D eigenvalue weighted by atomic mass is 9.90. The average Bonchev–Trinajstić information content (AvgIpc) is 2.65. The third-order valence-corrected chi connectivity index (χ3v) is 3.87. The summed E-state index contributed by atoms with van der Waals surface area (Å²) in [4.78, 5) is 12.2. The van der Waals surface area contributed by atoms with Crippen molar-refractivity contribution >= 4 is 11.4 Å². The Labute approximate surface area is 141 Å². The standard InChI is InChI=1S/C21H18O3/c1-23-18-13-17(14-19(24-2)21(18)22)20(15-9-5-3-6-10-15)16-11-7-4-8-12-16/h3-14H,1-2H3. The third-order valence-electron chi connectivity index (χ3n) is 3.87. The first-order chi connectivity index (χ1) is 11.7. The lowest BCUT2D eigenvalue weighted by molar-refractivity contribution is -0.117. The molecule has 3 nitrogen and oxygen atoms in total. The van der Waals surface area contributed by atoms with Crippen LogP contribution in [0, 0.1) is 0 Å². The van der Waals surface area contributed by atoms with Crippen LogP contribution in [-0.4, -0.2) is 20.0 Å². The molecule has 0 spiro atoms. The van der Waals surface area contributed by atoms with E-state index < -0.39 is 0 Å². The van der Waals surface area contributed by atoms with E-state index in [0.29, 0.717) is 0 Å². The molecule has 0 saturated heterocycles. The molecule has 1 aliphatic rings. The van der Waals surface area contributed by atoms with Gasteiger partial charge in [0.25, 0.3) is 5.78 Å². The van der Waals surface area contributed by atoms with E-state index in [1.807, 2.05) is 60.7 Å². The van der Waals surface area contributed by atoms with Crippen LogP contribution < -0.4 is 0 Å². The molecule has 3 rings (SSSR count). The fourth-order valence-electron chi connectivity index (χ4n) is 2.73. The summed E-state index contributed by atoms with van der Waals surface area (Å²) in [6.45, 7) is 0. The molecule has 0 radical (unpaired) electrons. The minimum absolute atomic E-state index is 0.246. The highest BCUT2D eigenvalue weighted by Crippen LogP contribution is 2.32. The van der Waals surface area contributed by atoms with Crippen molar-refractivity contribution in [1.82, 2.24) is 0 Å². The number of rotatable bonds is 4. The molecule has 2 aromatic rings. The van der Waals surface area contributed by atoms with Crippen LogP contribution in [0.3, 0.4) is 0 Å². The third kappa shape index (κ3) is 3.01. The van der Waals surface area contributed by atoms with Gasteiger partial charge in [0, 0.05) is 0 Å². The first-order valence-corrected chi connectivity index (χ1v) is 7.65. The number of Topliss-reactive ketones (excluding diaryl/α,β-unsaturated/α-hetero) is 1. The number of carbonyl (C=O) groups excluding carboxylic acids is 1. The van der Waals surface area contributed by atoms with Crippen LogP contribution in [0.4, 0.5) is 0 Å². The van der Waals surface area contributed by atoms with Gasteiger partial charge in [0.2, 0.25) is 0 Å². The predicted molar refractivity (Wildman–Crippen MR) is 94.1 cm³/mol. The normalized spacial score (nSPS) is 13.9. The monoisotopic (exact) mass is 318 g/mol. The molecule has 3 heteroatoms. The molecule has 0 heterocycles. The van der Waals surface area contributed by atoms with Crippen molar-refractivity contribution in [2.45, 2.75) is 0 Å². The largest absolute Gasteiger partial charge is 0.492 e. The quantitative estimate of drug-likeness (QED) is 0.850. The Balaban J connectivity index is 2.28. The summed E-state index contributed by atoms with van der Waals surface area (Å²) in [6, 6.07) is 20.1. The summed E-state index contributed by atoms with van der Waals surface area (Å²) in [7, 11) is 2.98. The van der Waals surface area contributed by atoms with Crippen LogP contribution in [0.2, 0.25) is 0 Å². The van der Waals surface area contributed by atoms with Crippen molar-refractivity contribution in [3.8, 4) is 0 Å². The molecule has 0 N–H and O–H groups in total. The molecule has 0 atom stereocenters. The van der Waals surface area contributed by atoms with Crippen LogP contribution in [0.15, 0.2) is 89.9 Å². The van der Waals surface area contributed by atoms with E-state index in [9.17, 15) is 4.79 Å². The molecule has 0 saturated carbocycles. The van der Waals surface area contributed by atoms with E-state index in [4.69, 9.17) is 9.47 Å². The minimum atomic E-state index is -0.246. The zero-order chi connectivity index (χ0) is 16.9. The number of methoxy groups -OCH3 is 2. The van der Waals surface area contributed by atoms with Gasteiger partial charge in [-0.25, -0.2) is 0 Å². The summed E-state index contributed by atoms with van der Waals surface area (Å²) >= 11 is 0. The summed E-state index contributed by atoms with van der Waals surface area (Å²) in [5.74, 6) is 0.298. The van der Waals surface area contributed by atoms with E-state index in [0.717, 1.165) is 22.3 Å². The molecule has 0 amide bonds. The van der Waals surface area contributed by atoms with Gasteiger partial charge in [-0.2, -0.15) is 0 Å². The molecular weight excluding hydrogens is 300 g/mol. The highest BCUT2D eigenvalue weighted by Gasteiger charge is 2.24. The Morgan fingerprint density at radius 1 is 0.708 bits per heavy atom. The van der Waals surface area contributed by atoms with E-state index >= 15 is 0 Å². The van der Waals surface area contributed by atoms with Gasteiger partial charge in [0.1, 0.15) is 0 Å². The number of ketones is 1. The number of hydrogen-bond acceptors (Lipinski definition) is 3. The van der Waals surface area contributed by atoms with E-state index in [-0.39, 0.29) is 17.3 Å². The highest BCUT2D eigenvalue weighted by atomic mass is 16.5. The van der Waals surface area contributed by atoms with E-state index in [2.05, 4.69) is 0 Å². The van der Waals surface area contributed by atoms with E-state index in [1.165, 1.54) is 14.2 Å². The van der Waals surface area contributed by atoms with Crippen LogP contribution in [0.25, 0.3) is 5.57 Å². The highest BCUT2D eigenvalue weighted by molar-refractivity contribution is 6.08. The van der Waals surface area contributed by atoms with Crippen molar-refractivity contribution in [1.29, 1.82) is 0 Å². The van der Waals surface area contributed by atoms with Crippen LogP contribution in [0.5, 0.6) is 0 Å². The number of benzene rings is 2. The van der Waals surface area contributed by atoms with Gasteiger partial charge in [-0.1, -0.05) is 60.7 Å². The number of allylic oxidation sites excluding steroid dienone is 3. The van der Waals surface area contributed by atoms with Crippen LogP contribution in [0.1, 0.15) is 11.1 Å². The summed E-state index contributed by atoms with van der Waals surface area (Å²) in [5, 5.41) is 0. The fraction of sp³-hybridized carbons (Fsp3) is 0.0952. The smallest absolute Gasteiger partial charge is 0.261 e. The maximum Gasteiger partial charge on any atom is 0.261 e. The molecule has 0 fully saturated rings. The SMILES string of the molecule is COC1=CC(=C(c2ccccc2)c2ccccc2)C=C(OC)C1=O. The number of hydrogen-bond donors (Lipinski definition) is 0. The molecule has 2 aromatic carbocycles. The topological polar surface area (TPSA) is 35.5 Å². The molecule has 0 unspecified atom stereocenters. The average molecular weight is 318 g/mol. The van der Waals surface area contributed by atoms with E-state index in [1.54, 1.807) is 12.2 Å². The van der Waals surface area contributed by atoms with Crippen molar-refractivity contribution in [3.63, 3.8) is 0 Å². The van der Waals surface area contributed by atoms with Crippen molar-refractivity contribution in [2.75, 3.05) is 14.2 Å². The fourth-order valence-corrected chi connectivity index (χ4v) is 2.73. The molecule has 120 valence electrons. The van der Waals surface area contributed by atoms with Gasteiger partial charge in [0.05, 0.1) is 14.2 Å². The molecular formula is C21H18O3. The zero-order valence-corrected chi connectivity index (χ0v) is 13.7. The predicted octanol–water partition coefficient (Wildman–Crippen LogP) is 4.13. The molecule has 24 heavy (non-hydrogen) atoms. The van der Waals surface area contributed by atoms with Gasteiger partial charge in [-0.05, 0) is 34.4 Å². The van der Waals surface area contributed by atoms with Crippen LogP contribution in [-0.2, 0) is 14.3 Å². The van der Waals surface area contributed by atoms with Gasteiger partial charge >= 0.3 is 0 Å². The second kappa shape index (κ2) is 7.01. The Morgan fingerprint density at radius 3 is 1.50 bits per heavy atom. The maximum atomic E-state index is 12.2. The van der Waals surface area contributed by atoms with Gasteiger partial charge in [-0.15, -0.1) is 0 Å². The Kier molecular flexibility index (Phi) is 4.62. The zero-order valence-electron chi connectivity index (χ0n) is 13.7. The molecule has 0 aromatic heterocycles. The van der Waals surface area contributed by atoms with Gasteiger partial charge < -0.3 is 9.47 Å². The summed E-state index contributed by atoms with van der Waals surface area (Å²) < 4.78 is 10.5. The molecule has 1 aliphatic carbocycles. The molecule has 0 bridgehead atoms. The second-order valence-corrected chi connectivity index (χ2v) is 5.32. The second-order valence-electron chi connectivity index (χ2n) is 5.32. The minimum Gasteiger partial charge on any atom is -0.492 e. The van der Waals surface area contributed by atoms with Crippen molar-refractivity contribution in [3.05, 3.63) is 101 Å². The lowest BCUT2D eigenvalue weighted by Gasteiger charge is -2.18. The lowest BCUT2D eigenvalue weighted by Crippen LogP contribution is -2.14. The van der Waals surface area contributed by atoms with Crippen molar-refractivity contribution in [2.24, 2.45) is 0 Å². The number of ether oxygens (including phenoxy) is 2. The first-order valence-electron chi connectivity index (χ1n) is 7.65. The number of carbonyl (C=O) groups is 1. The summed E-state index contributed by atoms with van der Waals surface area (Å²) in [5.41, 5.74) is 4.02. The Morgan fingerprint density at radius 2 is 1.12 bits per heavy atom. The Hall–Kier alpha value is -3.07. The first kappa shape index (κ1) is 15.8. The van der Waals surface area contributed by atoms with Gasteiger partial charge in [-0.3, -0.25) is 4.79 Å². The molecule has 0 aliphatic heterocycles. The Bertz CT molecular complexity index is 760. The maximum absolute atomic E-state index is 12.2. The van der Waals surface area contributed by atoms with Crippen molar-refractivity contribution < 1.29 is 14.3 Å². The summed E-state index contributed by atoms with van der Waals surface area (Å²) in [6.07, 6.45) is 3.53. The van der Waals surface area contributed by atoms with Gasteiger partial charge in [0.15, 0.2) is 11.5 Å². The van der Waals surface area contributed by atoms with Crippen LogP contribution >= 0.6 is 0 Å².